The molecule has 0 radical (unpaired) electrons. The second kappa shape index (κ2) is 8.89. The van der Waals surface area contributed by atoms with E-state index < -0.39 is 5.60 Å². The van der Waals surface area contributed by atoms with Crippen LogP contribution in [0.5, 0.6) is 0 Å². The van der Waals surface area contributed by atoms with Crippen molar-refractivity contribution in [1.29, 1.82) is 0 Å². The summed E-state index contributed by atoms with van der Waals surface area (Å²) in [4.78, 5) is 32.3. The van der Waals surface area contributed by atoms with E-state index >= 15 is 0 Å². The summed E-state index contributed by atoms with van der Waals surface area (Å²) in [7, 11) is 2.00. The van der Waals surface area contributed by atoms with Crippen LogP contribution in [0.1, 0.15) is 26.3 Å². The number of aromatic nitrogens is 2. The van der Waals surface area contributed by atoms with Gasteiger partial charge in [0.2, 0.25) is 0 Å². The van der Waals surface area contributed by atoms with E-state index in [2.05, 4.69) is 38.7 Å². The Hall–Kier alpha value is -3.58. The molecule has 0 spiro atoms. The Labute approximate surface area is 204 Å². The first-order chi connectivity index (χ1) is 16.7. The van der Waals surface area contributed by atoms with Crippen molar-refractivity contribution in [2.24, 2.45) is 7.05 Å². The van der Waals surface area contributed by atoms with Gasteiger partial charge in [-0.25, -0.2) is 4.79 Å². The third kappa shape index (κ3) is 4.82. The molecule has 0 unspecified atom stereocenters. The number of aryl methyl sites for hydroxylation is 1. The van der Waals surface area contributed by atoms with Gasteiger partial charge in [0.25, 0.3) is 5.56 Å². The molecule has 1 fully saturated rings. The van der Waals surface area contributed by atoms with Gasteiger partial charge in [-0.1, -0.05) is 24.3 Å². The first-order valence-electron chi connectivity index (χ1n) is 12.1. The number of piperazine rings is 1. The monoisotopic (exact) mass is 472 g/mol. The fourth-order valence-corrected chi connectivity index (χ4v) is 4.77. The molecule has 1 amide bonds. The summed E-state index contributed by atoms with van der Waals surface area (Å²) in [5.41, 5.74) is 4.15. The molecule has 2 aromatic heterocycles. The molecule has 7 nitrogen and oxygen atoms in total. The van der Waals surface area contributed by atoms with Crippen LogP contribution in [-0.4, -0.2) is 57.2 Å². The average molecular weight is 473 g/mol. The lowest BCUT2D eigenvalue weighted by molar-refractivity contribution is 0.0139. The lowest BCUT2D eigenvalue weighted by Gasteiger charge is -2.35. The topological polar surface area (TPSA) is 70.6 Å². The number of H-pyrrole nitrogens is 1. The SMILES string of the molecule is Cn1c(-c2cc3ccccc3[nH]c2=O)cc2cc(CN3CCN(C(=O)OC(C)(C)C)CC3)ccc21. The molecule has 182 valence electrons. The molecule has 0 bridgehead atoms. The molecule has 0 saturated carbocycles. The van der Waals surface area contributed by atoms with E-state index in [1.807, 2.05) is 58.2 Å². The van der Waals surface area contributed by atoms with Gasteiger partial charge < -0.3 is 19.2 Å². The van der Waals surface area contributed by atoms with Crippen LogP contribution in [0.25, 0.3) is 33.1 Å². The van der Waals surface area contributed by atoms with E-state index in [4.69, 9.17) is 4.74 Å². The van der Waals surface area contributed by atoms with Crippen molar-refractivity contribution in [2.75, 3.05) is 26.2 Å². The van der Waals surface area contributed by atoms with E-state index in [9.17, 15) is 9.59 Å². The summed E-state index contributed by atoms with van der Waals surface area (Å²) in [5.74, 6) is 0. The van der Waals surface area contributed by atoms with Crippen LogP contribution in [0.3, 0.4) is 0 Å². The fourth-order valence-electron chi connectivity index (χ4n) is 4.77. The highest BCUT2D eigenvalue weighted by Crippen LogP contribution is 2.28. The maximum absolute atomic E-state index is 12.8. The van der Waals surface area contributed by atoms with Crippen molar-refractivity contribution < 1.29 is 9.53 Å². The minimum Gasteiger partial charge on any atom is -0.444 e. The number of hydrogen-bond acceptors (Lipinski definition) is 4. The number of carbonyl (C=O) groups is 1. The Morgan fingerprint density at radius 3 is 2.46 bits per heavy atom. The average Bonchev–Trinajstić information content (AvgIpc) is 3.13. The normalized spacial score (nSPS) is 15.1. The van der Waals surface area contributed by atoms with E-state index in [1.54, 1.807) is 4.90 Å². The third-order valence-electron chi connectivity index (χ3n) is 6.57. The predicted molar refractivity (Wildman–Crippen MR) is 140 cm³/mol. The number of hydrogen-bond donors (Lipinski definition) is 1. The Morgan fingerprint density at radius 1 is 0.971 bits per heavy atom. The summed E-state index contributed by atoms with van der Waals surface area (Å²) < 4.78 is 7.58. The molecule has 1 aliphatic rings. The number of rotatable bonds is 3. The lowest BCUT2D eigenvalue weighted by Crippen LogP contribution is -2.49. The first-order valence-corrected chi connectivity index (χ1v) is 12.1. The molecule has 35 heavy (non-hydrogen) atoms. The largest absolute Gasteiger partial charge is 0.444 e. The van der Waals surface area contributed by atoms with Crippen LogP contribution >= 0.6 is 0 Å². The molecule has 0 atom stereocenters. The van der Waals surface area contributed by atoms with Crippen molar-refractivity contribution in [2.45, 2.75) is 32.9 Å². The lowest BCUT2D eigenvalue weighted by atomic mass is 10.1. The Kier molecular flexibility index (Phi) is 5.89. The number of fused-ring (bicyclic) bond motifs is 2. The summed E-state index contributed by atoms with van der Waals surface area (Å²) in [6.07, 6.45) is -0.237. The Bertz CT molecular complexity index is 1450. The van der Waals surface area contributed by atoms with E-state index in [1.165, 1.54) is 5.56 Å². The van der Waals surface area contributed by atoms with E-state index in [0.717, 1.165) is 47.1 Å². The zero-order chi connectivity index (χ0) is 24.7. The van der Waals surface area contributed by atoms with Crippen molar-refractivity contribution >= 4 is 27.9 Å². The van der Waals surface area contributed by atoms with E-state index in [-0.39, 0.29) is 11.7 Å². The molecule has 0 aliphatic carbocycles. The van der Waals surface area contributed by atoms with Crippen LogP contribution in [0.2, 0.25) is 0 Å². The van der Waals surface area contributed by atoms with Crippen molar-refractivity contribution in [3.05, 3.63) is 70.5 Å². The second-order valence-electron chi connectivity index (χ2n) is 10.3. The van der Waals surface area contributed by atoms with Crippen LogP contribution < -0.4 is 5.56 Å². The number of nitrogens with zero attached hydrogens (tertiary/aromatic N) is 3. The summed E-state index contributed by atoms with van der Waals surface area (Å²) in [6, 6.07) is 18.4. The van der Waals surface area contributed by atoms with E-state index in [0.29, 0.717) is 18.7 Å². The minimum atomic E-state index is -0.476. The van der Waals surface area contributed by atoms with Gasteiger partial charge in [0.1, 0.15) is 5.60 Å². The number of carbonyl (C=O) groups excluding carboxylic acids is 1. The molecule has 4 aromatic rings. The number of benzene rings is 2. The number of nitrogens with one attached hydrogen (secondary N) is 1. The molecule has 7 heteroatoms. The standard InChI is InChI=1S/C28H32N4O3/c1-28(2,3)35-27(34)32-13-11-31(12-14-32)18-19-9-10-24-21(15-19)17-25(30(24)4)22-16-20-7-5-6-8-23(20)29-26(22)33/h5-10,15-17H,11-14,18H2,1-4H3,(H,29,33). The van der Waals surface area contributed by atoms with Gasteiger partial charge in [-0.15, -0.1) is 0 Å². The van der Waals surface area contributed by atoms with Gasteiger partial charge in [-0.3, -0.25) is 9.69 Å². The Morgan fingerprint density at radius 2 is 1.71 bits per heavy atom. The Balaban J connectivity index is 1.33. The van der Waals surface area contributed by atoms with Crippen molar-refractivity contribution in [1.82, 2.24) is 19.4 Å². The van der Waals surface area contributed by atoms with Crippen LogP contribution in [0, 0.1) is 0 Å². The summed E-state index contributed by atoms with van der Waals surface area (Å²) in [5, 5.41) is 2.12. The van der Waals surface area contributed by atoms with Gasteiger partial charge >= 0.3 is 6.09 Å². The third-order valence-corrected chi connectivity index (χ3v) is 6.57. The molecule has 1 N–H and O–H groups in total. The molecule has 1 aliphatic heterocycles. The quantitative estimate of drug-likeness (QED) is 0.468. The van der Waals surface area contributed by atoms with Crippen LogP contribution in [0.15, 0.2) is 59.4 Å². The minimum absolute atomic E-state index is 0.0855. The molecule has 1 saturated heterocycles. The van der Waals surface area contributed by atoms with Crippen molar-refractivity contribution in [3.8, 4) is 11.3 Å². The fraction of sp³-hybridized carbons (Fsp3) is 0.357. The smallest absolute Gasteiger partial charge is 0.410 e. The number of para-hydroxylation sites is 1. The van der Waals surface area contributed by atoms with Crippen LogP contribution in [0.4, 0.5) is 4.79 Å². The number of pyridine rings is 1. The zero-order valence-electron chi connectivity index (χ0n) is 20.8. The molecule has 5 rings (SSSR count). The molecular weight excluding hydrogens is 440 g/mol. The van der Waals surface area contributed by atoms with Gasteiger partial charge in [-0.2, -0.15) is 0 Å². The van der Waals surface area contributed by atoms with Gasteiger partial charge in [-0.05, 0) is 62.1 Å². The maximum Gasteiger partial charge on any atom is 0.410 e. The van der Waals surface area contributed by atoms with Crippen molar-refractivity contribution in [3.63, 3.8) is 0 Å². The highest BCUT2D eigenvalue weighted by atomic mass is 16.6. The maximum atomic E-state index is 12.8. The molecule has 3 heterocycles. The van der Waals surface area contributed by atoms with Gasteiger partial charge in [0, 0.05) is 56.2 Å². The number of ether oxygens (including phenoxy) is 1. The molecular formula is C28H32N4O3. The number of aromatic amines is 1. The predicted octanol–water partition coefficient (Wildman–Crippen LogP) is 4.74. The summed E-state index contributed by atoms with van der Waals surface area (Å²) >= 11 is 0. The van der Waals surface area contributed by atoms with Gasteiger partial charge in [0.15, 0.2) is 0 Å². The number of amides is 1. The van der Waals surface area contributed by atoms with Crippen LogP contribution in [-0.2, 0) is 18.3 Å². The zero-order valence-corrected chi connectivity index (χ0v) is 20.8. The first kappa shape index (κ1) is 23.2. The molecule has 2 aromatic carbocycles. The highest BCUT2D eigenvalue weighted by Gasteiger charge is 2.26. The van der Waals surface area contributed by atoms with Gasteiger partial charge in [0.05, 0.1) is 11.3 Å². The summed E-state index contributed by atoms with van der Waals surface area (Å²) in [6.45, 7) is 9.44. The highest BCUT2D eigenvalue weighted by molar-refractivity contribution is 5.90. The second-order valence-corrected chi connectivity index (χ2v) is 10.3.